The molecule has 6 nitrogen and oxygen atoms in total. The van der Waals surface area contributed by atoms with Crippen LogP contribution in [0.2, 0.25) is 5.02 Å². The van der Waals surface area contributed by atoms with Gasteiger partial charge in [0.25, 0.3) is 11.8 Å². The molecule has 0 unspecified atom stereocenters. The smallest absolute Gasteiger partial charge is 0.282 e. The van der Waals surface area contributed by atoms with Crippen molar-refractivity contribution in [3.05, 3.63) is 69.9 Å². The van der Waals surface area contributed by atoms with E-state index in [1.165, 1.54) is 4.90 Å². The van der Waals surface area contributed by atoms with Crippen LogP contribution < -0.4 is 4.90 Å². The largest absolute Gasteiger partial charge is 0.395 e. The Balaban J connectivity index is 1.77. The first kappa shape index (κ1) is 21.6. The third-order valence-electron chi connectivity index (χ3n) is 5.90. The summed E-state index contributed by atoms with van der Waals surface area (Å²) < 4.78 is 0. The molecule has 2 aromatic carbocycles. The normalized spacial score (nSPS) is 17.8. The van der Waals surface area contributed by atoms with Gasteiger partial charge in [-0.2, -0.15) is 0 Å². The Hall–Kier alpha value is -2.67. The number of hydrogen-bond acceptors (Lipinski definition) is 5. The molecule has 0 spiro atoms. The molecular formula is C24H26ClN3O3. The van der Waals surface area contributed by atoms with Gasteiger partial charge in [0, 0.05) is 37.7 Å². The Labute approximate surface area is 187 Å². The van der Waals surface area contributed by atoms with Crippen molar-refractivity contribution in [2.45, 2.75) is 13.8 Å². The number of benzene rings is 2. The number of halogens is 1. The van der Waals surface area contributed by atoms with Crippen molar-refractivity contribution in [2.24, 2.45) is 0 Å². The second-order valence-electron chi connectivity index (χ2n) is 8.02. The van der Waals surface area contributed by atoms with E-state index >= 15 is 0 Å². The van der Waals surface area contributed by atoms with Crippen molar-refractivity contribution in [3.8, 4) is 0 Å². The maximum Gasteiger partial charge on any atom is 0.282 e. The molecule has 2 aromatic rings. The summed E-state index contributed by atoms with van der Waals surface area (Å²) in [5, 5.41) is 9.76. The van der Waals surface area contributed by atoms with Crippen LogP contribution in [0.4, 0.5) is 5.69 Å². The summed E-state index contributed by atoms with van der Waals surface area (Å²) in [7, 11) is 0. The maximum atomic E-state index is 13.6. The van der Waals surface area contributed by atoms with Gasteiger partial charge in [-0.25, -0.2) is 4.90 Å². The number of anilines is 1. The van der Waals surface area contributed by atoms with Gasteiger partial charge in [0.1, 0.15) is 5.70 Å². The Morgan fingerprint density at radius 3 is 2.23 bits per heavy atom. The van der Waals surface area contributed by atoms with Crippen LogP contribution in [-0.2, 0) is 9.59 Å². The number of piperazine rings is 1. The predicted molar refractivity (Wildman–Crippen MR) is 122 cm³/mol. The first-order valence-corrected chi connectivity index (χ1v) is 10.8. The molecule has 4 rings (SSSR count). The molecule has 0 bridgehead atoms. The van der Waals surface area contributed by atoms with Gasteiger partial charge in [-0.1, -0.05) is 35.4 Å². The van der Waals surface area contributed by atoms with Crippen molar-refractivity contribution < 1.29 is 14.7 Å². The molecule has 1 saturated heterocycles. The zero-order valence-corrected chi connectivity index (χ0v) is 18.5. The monoisotopic (exact) mass is 439 g/mol. The van der Waals surface area contributed by atoms with Crippen molar-refractivity contribution in [1.29, 1.82) is 0 Å². The molecule has 0 saturated carbocycles. The molecule has 1 N–H and O–H groups in total. The number of rotatable bonds is 5. The van der Waals surface area contributed by atoms with Crippen LogP contribution in [0.3, 0.4) is 0 Å². The number of aryl methyl sites for hydroxylation is 2. The van der Waals surface area contributed by atoms with Crippen molar-refractivity contribution in [1.82, 2.24) is 9.80 Å². The minimum Gasteiger partial charge on any atom is -0.395 e. The van der Waals surface area contributed by atoms with Crippen LogP contribution >= 0.6 is 11.6 Å². The van der Waals surface area contributed by atoms with E-state index in [2.05, 4.69) is 4.90 Å². The van der Waals surface area contributed by atoms with Gasteiger partial charge in [-0.15, -0.1) is 0 Å². The average molecular weight is 440 g/mol. The highest BCUT2D eigenvalue weighted by atomic mass is 35.5. The Kier molecular flexibility index (Phi) is 6.14. The van der Waals surface area contributed by atoms with Gasteiger partial charge >= 0.3 is 0 Å². The van der Waals surface area contributed by atoms with E-state index in [1.807, 2.05) is 36.9 Å². The fraction of sp³-hybridized carbons (Fsp3) is 0.333. The maximum absolute atomic E-state index is 13.6. The number of nitrogens with zero attached hydrogens (tertiary/aromatic N) is 3. The molecule has 2 amide bonds. The zero-order valence-electron chi connectivity index (χ0n) is 17.8. The van der Waals surface area contributed by atoms with E-state index in [0.717, 1.165) is 29.8 Å². The Morgan fingerprint density at radius 1 is 0.935 bits per heavy atom. The molecule has 2 aliphatic heterocycles. The Bertz CT molecular complexity index is 1040. The molecule has 31 heavy (non-hydrogen) atoms. The second kappa shape index (κ2) is 8.83. The summed E-state index contributed by atoms with van der Waals surface area (Å²) in [4.78, 5) is 32.6. The lowest BCUT2D eigenvalue weighted by molar-refractivity contribution is -0.120. The number of carbonyl (C=O) groups is 2. The van der Waals surface area contributed by atoms with Gasteiger partial charge in [0.15, 0.2) is 0 Å². The third-order valence-corrected chi connectivity index (χ3v) is 6.15. The molecule has 0 aliphatic carbocycles. The van der Waals surface area contributed by atoms with Gasteiger partial charge in [-0.05, 0) is 49.2 Å². The minimum atomic E-state index is -0.313. The molecule has 0 aromatic heterocycles. The summed E-state index contributed by atoms with van der Waals surface area (Å²) >= 11 is 6.01. The van der Waals surface area contributed by atoms with E-state index in [0.29, 0.717) is 41.6 Å². The molecular weight excluding hydrogens is 414 g/mol. The van der Waals surface area contributed by atoms with Crippen molar-refractivity contribution in [3.63, 3.8) is 0 Å². The number of carbonyl (C=O) groups excluding carboxylic acids is 2. The molecule has 1 fully saturated rings. The molecule has 7 heteroatoms. The first-order chi connectivity index (χ1) is 14.9. The molecule has 2 heterocycles. The summed E-state index contributed by atoms with van der Waals surface area (Å²) in [6.45, 7) is 7.40. The highest BCUT2D eigenvalue weighted by molar-refractivity contribution is 6.45. The van der Waals surface area contributed by atoms with Gasteiger partial charge < -0.3 is 10.0 Å². The third kappa shape index (κ3) is 4.11. The zero-order chi connectivity index (χ0) is 22.1. The average Bonchev–Trinajstić information content (AvgIpc) is 3.00. The topological polar surface area (TPSA) is 64.1 Å². The highest BCUT2D eigenvalue weighted by Gasteiger charge is 2.43. The number of β-amino-alcohol motifs (C(OH)–C–C–N with tert-alkyl or cyclic N) is 1. The lowest BCUT2D eigenvalue weighted by atomic mass is 9.97. The number of amides is 2. The summed E-state index contributed by atoms with van der Waals surface area (Å²) in [6.07, 6.45) is 0. The highest BCUT2D eigenvalue weighted by Crippen LogP contribution is 2.36. The van der Waals surface area contributed by atoms with Crippen LogP contribution in [0.25, 0.3) is 5.57 Å². The van der Waals surface area contributed by atoms with E-state index < -0.39 is 0 Å². The number of hydrogen-bond donors (Lipinski definition) is 1. The van der Waals surface area contributed by atoms with Crippen LogP contribution in [-0.4, -0.2) is 66.1 Å². The fourth-order valence-corrected chi connectivity index (χ4v) is 4.44. The standard InChI is InChI=1S/C24H26ClN3O3/c1-16-3-8-20(17(2)15-16)21-22(27-11-9-26(10-12-27)13-14-29)24(31)28(23(21)30)19-6-4-18(25)5-7-19/h3-8,15,29H,9-14H2,1-2H3. The number of imide groups is 1. The molecule has 0 atom stereocenters. The van der Waals surface area contributed by atoms with E-state index in [-0.39, 0.29) is 18.4 Å². The second-order valence-corrected chi connectivity index (χ2v) is 8.45. The van der Waals surface area contributed by atoms with Gasteiger partial charge in [0.2, 0.25) is 0 Å². The van der Waals surface area contributed by atoms with E-state index in [1.54, 1.807) is 24.3 Å². The van der Waals surface area contributed by atoms with Crippen molar-refractivity contribution >= 4 is 34.7 Å². The summed E-state index contributed by atoms with van der Waals surface area (Å²) in [5.41, 5.74) is 4.27. The fourth-order valence-electron chi connectivity index (χ4n) is 4.31. The van der Waals surface area contributed by atoms with Crippen LogP contribution in [0.1, 0.15) is 16.7 Å². The van der Waals surface area contributed by atoms with E-state index in [4.69, 9.17) is 11.6 Å². The quantitative estimate of drug-likeness (QED) is 0.726. The van der Waals surface area contributed by atoms with Crippen LogP contribution in [0.5, 0.6) is 0 Å². The SMILES string of the molecule is Cc1ccc(C2=C(N3CCN(CCO)CC3)C(=O)N(c3ccc(Cl)cc3)C2=O)c(C)c1. The van der Waals surface area contributed by atoms with Crippen LogP contribution in [0, 0.1) is 13.8 Å². The minimum absolute atomic E-state index is 0.109. The van der Waals surface area contributed by atoms with Gasteiger partial charge in [0.05, 0.1) is 17.9 Å². The summed E-state index contributed by atoms with van der Waals surface area (Å²) in [5.74, 6) is -0.620. The predicted octanol–water partition coefficient (Wildman–Crippen LogP) is 2.85. The molecule has 162 valence electrons. The summed E-state index contributed by atoms with van der Waals surface area (Å²) in [6, 6.07) is 12.7. The van der Waals surface area contributed by atoms with Crippen LogP contribution in [0.15, 0.2) is 48.2 Å². The lowest BCUT2D eigenvalue weighted by Gasteiger charge is -2.36. The number of aliphatic hydroxyl groups excluding tert-OH is 1. The lowest BCUT2D eigenvalue weighted by Crippen LogP contribution is -2.48. The Morgan fingerprint density at radius 2 is 1.61 bits per heavy atom. The van der Waals surface area contributed by atoms with Crippen molar-refractivity contribution in [2.75, 3.05) is 44.2 Å². The van der Waals surface area contributed by atoms with E-state index in [9.17, 15) is 14.7 Å². The first-order valence-electron chi connectivity index (χ1n) is 10.4. The van der Waals surface area contributed by atoms with Gasteiger partial charge in [-0.3, -0.25) is 14.5 Å². The molecule has 0 radical (unpaired) electrons. The number of aliphatic hydroxyl groups is 1. The molecule has 2 aliphatic rings.